The maximum Gasteiger partial charge on any atom is 0.0593 e. The molecule has 2 rings (SSSR count). The van der Waals surface area contributed by atoms with Gasteiger partial charge in [0.15, 0.2) is 0 Å². The van der Waals surface area contributed by atoms with Gasteiger partial charge in [0.25, 0.3) is 0 Å². The van der Waals surface area contributed by atoms with E-state index in [2.05, 4.69) is 17.5 Å². The summed E-state index contributed by atoms with van der Waals surface area (Å²) in [6.45, 7) is 5.46. The zero-order chi connectivity index (χ0) is 10.6. The largest absolute Gasteiger partial charge is 0.380 e. The minimum Gasteiger partial charge on any atom is -0.380 e. The van der Waals surface area contributed by atoms with Crippen molar-refractivity contribution >= 4 is 12.6 Å². The summed E-state index contributed by atoms with van der Waals surface area (Å²) in [5, 5.41) is 0. The van der Waals surface area contributed by atoms with Crippen molar-refractivity contribution in [3.8, 4) is 0 Å². The summed E-state index contributed by atoms with van der Waals surface area (Å²) in [6, 6.07) is 0. The first-order valence-corrected chi connectivity index (χ1v) is 6.89. The number of nitrogens with zero attached hydrogens (tertiary/aromatic N) is 1. The molecule has 0 aromatic rings. The van der Waals surface area contributed by atoms with E-state index in [1.54, 1.807) is 0 Å². The van der Waals surface area contributed by atoms with Crippen molar-refractivity contribution in [2.75, 3.05) is 38.6 Å². The first-order chi connectivity index (χ1) is 7.35. The van der Waals surface area contributed by atoms with Crippen LogP contribution >= 0.6 is 12.6 Å². The average molecular weight is 229 g/mol. The van der Waals surface area contributed by atoms with Crippen LogP contribution in [0.25, 0.3) is 0 Å². The molecule has 1 saturated heterocycles. The molecule has 0 aromatic carbocycles. The molecule has 0 N–H and O–H groups in total. The molecular formula is C12H23NOS. The van der Waals surface area contributed by atoms with E-state index in [4.69, 9.17) is 4.74 Å². The Morgan fingerprint density at radius 1 is 1.07 bits per heavy atom. The van der Waals surface area contributed by atoms with Gasteiger partial charge < -0.3 is 9.64 Å². The minimum atomic E-state index is 0.521. The van der Waals surface area contributed by atoms with Crippen LogP contribution in [0.3, 0.4) is 0 Å². The van der Waals surface area contributed by atoms with Crippen LogP contribution in [-0.2, 0) is 4.74 Å². The van der Waals surface area contributed by atoms with E-state index in [1.165, 1.54) is 45.2 Å². The molecule has 15 heavy (non-hydrogen) atoms. The van der Waals surface area contributed by atoms with Gasteiger partial charge in [-0.2, -0.15) is 12.6 Å². The van der Waals surface area contributed by atoms with Crippen molar-refractivity contribution < 1.29 is 4.74 Å². The number of rotatable bonds is 3. The lowest BCUT2D eigenvalue weighted by Crippen LogP contribution is -2.38. The summed E-state index contributed by atoms with van der Waals surface area (Å²) in [6.07, 6.45) is 6.78. The molecule has 0 radical (unpaired) electrons. The van der Waals surface area contributed by atoms with E-state index in [9.17, 15) is 0 Å². The van der Waals surface area contributed by atoms with Crippen molar-refractivity contribution in [3.05, 3.63) is 0 Å². The van der Waals surface area contributed by atoms with E-state index >= 15 is 0 Å². The smallest absolute Gasteiger partial charge is 0.0593 e. The molecule has 0 spiro atoms. The highest BCUT2D eigenvalue weighted by Crippen LogP contribution is 2.39. The quantitative estimate of drug-likeness (QED) is 0.745. The van der Waals surface area contributed by atoms with E-state index in [0.717, 1.165) is 25.5 Å². The molecule has 2 nitrogen and oxygen atoms in total. The Morgan fingerprint density at radius 3 is 2.60 bits per heavy atom. The average Bonchev–Trinajstić information content (AvgIpc) is 2.57. The predicted octanol–water partition coefficient (Wildman–Crippen LogP) is 2.20. The van der Waals surface area contributed by atoms with E-state index in [0.29, 0.717) is 5.41 Å². The van der Waals surface area contributed by atoms with Crippen molar-refractivity contribution in [1.82, 2.24) is 4.90 Å². The fourth-order valence-corrected chi connectivity index (χ4v) is 3.34. The van der Waals surface area contributed by atoms with Crippen LogP contribution in [0.2, 0.25) is 0 Å². The summed E-state index contributed by atoms with van der Waals surface area (Å²) in [7, 11) is 0. The molecule has 1 aliphatic heterocycles. The van der Waals surface area contributed by atoms with Crippen molar-refractivity contribution in [3.63, 3.8) is 0 Å². The zero-order valence-corrected chi connectivity index (χ0v) is 10.5. The van der Waals surface area contributed by atoms with E-state index < -0.39 is 0 Å². The van der Waals surface area contributed by atoms with Crippen molar-refractivity contribution in [2.24, 2.45) is 5.41 Å². The zero-order valence-electron chi connectivity index (χ0n) is 9.58. The maximum atomic E-state index is 5.49. The second-order valence-corrected chi connectivity index (χ2v) is 5.42. The molecule has 1 heterocycles. The number of thiol groups is 1. The van der Waals surface area contributed by atoms with Crippen LogP contribution < -0.4 is 0 Å². The lowest BCUT2D eigenvalue weighted by molar-refractivity contribution is 0.129. The SMILES string of the molecule is SCC1(CN2CCCOCC2)CCCC1. The fourth-order valence-electron chi connectivity index (χ4n) is 2.92. The highest BCUT2D eigenvalue weighted by molar-refractivity contribution is 7.80. The monoisotopic (exact) mass is 229 g/mol. The van der Waals surface area contributed by atoms with Crippen LogP contribution in [0.5, 0.6) is 0 Å². The summed E-state index contributed by atoms with van der Waals surface area (Å²) < 4.78 is 5.49. The topological polar surface area (TPSA) is 12.5 Å². The maximum absolute atomic E-state index is 5.49. The van der Waals surface area contributed by atoms with Crippen LogP contribution in [0.15, 0.2) is 0 Å². The molecule has 0 amide bonds. The standard InChI is InChI=1S/C12H23NOS/c15-11-12(4-1-2-5-12)10-13-6-3-8-14-9-7-13/h15H,1-11H2. The van der Waals surface area contributed by atoms with Gasteiger partial charge in [0, 0.05) is 26.2 Å². The van der Waals surface area contributed by atoms with E-state index in [-0.39, 0.29) is 0 Å². The van der Waals surface area contributed by atoms with Gasteiger partial charge in [0.2, 0.25) is 0 Å². The number of hydrogen-bond acceptors (Lipinski definition) is 3. The van der Waals surface area contributed by atoms with Crippen LogP contribution in [0.1, 0.15) is 32.1 Å². The third-order valence-corrected chi connectivity index (χ3v) is 4.54. The minimum absolute atomic E-state index is 0.521. The normalized spacial score (nSPS) is 27.8. The second-order valence-electron chi connectivity index (χ2n) is 5.11. The van der Waals surface area contributed by atoms with Gasteiger partial charge >= 0.3 is 0 Å². The van der Waals surface area contributed by atoms with Crippen molar-refractivity contribution in [1.29, 1.82) is 0 Å². The van der Waals surface area contributed by atoms with Crippen LogP contribution in [-0.4, -0.2) is 43.5 Å². The molecule has 2 aliphatic rings. The Labute approximate surface area is 98.8 Å². The third-order valence-electron chi connectivity index (χ3n) is 3.87. The molecule has 1 saturated carbocycles. The Hall–Kier alpha value is 0.270. The molecule has 2 fully saturated rings. The second kappa shape index (κ2) is 5.55. The Balaban J connectivity index is 1.87. The van der Waals surface area contributed by atoms with Crippen LogP contribution in [0.4, 0.5) is 0 Å². The van der Waals surface area contributed by atoms with E-state index in [1.807, 2.05) is 0 Å². The molecule has 0 unspecified atom stereocenters. The van der Waals surface area contributed by atoms with Gasteiger partial charge in [-0.1, -0.05) is 12.8 Å². The summed E-state index contributed by atoms with van der Waals surface area (Å²) >= 11 is 4.57. The number of hydrogen-bond donors (Lipinski definition) is 1. The lowest BCUT2D eigenvalue weighted by Gasteiger charge is -2.33. The molecule has 88 valence electrons. The first kappa shape index (κ1) is 11.7. The van der Waals surface area contributed by atoms with Gasteiger partial charge in [-0.25, -0.2) is 0 Å². The summed E-state index contributed by atoms with van der Waals surface area (Å²) in [5.41, 5.74) is 0.521. The first-order valence-electron chi connectivity index (χ1n) is 6.26. The van der Waals surface area contributed by atoms with Crippen molar-refractivity contribution in [2.45, 2.75) is 32.1 Å². The molecule has 0 aromatic heterocycles. The molecule has 0 atom stereocenters. The highest BCUT2D eigenvalue weighted by Gasteiger charge is 2.34. The molecular weight excluding hydrogens is 206 g/mol. The molecule has 1 aliphatic carbocycles. The van der Waals surface area contributed by atoms with Gasteiger partial charge in [0.05, 0.1) is 6.61 Å². The number of ether oxygens (including phenoxy) is 1. The Bertz CT molecular complexity index is 184. The lowest BCUT2D eigenvalue weighted by atomic mass is 9.88. The summed E-state index contributed by atoms with van der Waals surface area (Å²) in [5.74, 6) is 1.06. The molecule has 3 heteroatoms. The Kier molecular flexibility index (Phi) is 4.35. The molecule has 0 bridgehead atoms. The fraction of sp³-hybridized carbons (Fsp3) is 1.00. The summed E-state index contributed by atoms with van der Waals surface area (Å²) in [4.78, 5) is 2.59. The van der Waals surface area contributed by atoms with Gasteiger partial charge in [-0.05, 0) is 30.4 Å². The van der Waals surface area contributed by atoms with Gasteiger partial charge in [-0.15, -0.1) is 0 Å². The highest BCUT2D eigenvalue weighted by atomic mass is 32.1. The van der Waals surface area contributed by atoms with Crippen LogP contribution in [0, 0.1) is 5.41 Å². The van der Waals surface area contributed by atoms with Gasteiger partial charge in [0.1, 0.15) is 0 Å². The van der Waals surface area contributed by atoms with Gasteiger partial charge in [-0.3, -0.25) is 0 Å². The third kappa shape index (κ3) is 3.11. The predicted molar refractivity (Wildman–Crippen MR) is 66.6 cm³/mol. The Morgan fingerprint density at radius 2 is 1.87 bits per heavy atom.